The van der Waals surface area contributed by atoms with E-state index in [1.165, 1.54) is 0 Å². The van der Waals surface area contributed by atoms with Crippen molar-refractivity contribution in [2.24, 2.45) is 7.05 Å². The summed E-state index contributed by atoms with van der Waals surface area (Å²) in [5.74, 6) is -1.60. The number of benzene rings is 2. The standard InChI is InChI=1S/C19H14BrNO3/c1-21-10-15(14-9-13(20)3-4-16(14)21)18(19(22)23)12-2-5-17-11(8-12)6-7-24-17/h2-10,18H,1H3,(H,22,23). The van der Waals surface area contributed by atoms with Gasteiger partial charge in [-0.1, -0.05) is 22.0 Å². The van der Waals surface area contributed by atoms with Crippen LogP contribution in [0.5, 0.6) is 0 Å². The van der Waals surface area contributed by atoms with Crippen LogP contribution in [-0.2, 0) is 11.8 Å². The molecule has 1 atom stereocenters. The Morgan fingerprint density at radius 1 is 1.21 bits per heavy atom. The Labute approximate surface area is 146 Å². The van der Waals surface area contributed by atoms with Crippen LogP contribution in [0, 0.1) is 0 Å². The highest BCUT2D eigenvalue weighted by Crippen LogP contribution is 2.35. The predicted octanol–water partition coefficient (Wildman–Crippen LogP) is 4.90. The second kappa shape index (κ2) is 5.53. The first-order chi connectivity index (χ1) is 11.5. The monoisotopic (exact) mass is 383 g/mol. The van der Waals surface area contributed by atoms with Crippen LogP contribution in [-0.4, -0.2) is 15.6 Å². The zero-order chi connectivity index (χ0) is 16.8. The molecule has 0 amide bonds. The average Bonchev–Trinajstić information content (AvgIpc) is 3.12. The zero-order valence-corrected chi connectivity index (χ0v) is 14.4. The predicted molar refractivity (Wildman–Crippen MR) is 96.3 cm³/mol. The molecule has 0 aliphatic heterocycles. The van der Waals surface area contributed by atoms with Crippen molar-refractivity contribution in [2.45, 2.75) is 5.92 Å². The van der Waals surface area contributed by atoms with Gasteiger partial charge in [0.2, 0.25) is 0 Å². The molecule has 4 rings (SSSR count). The van der Waals surface area contributed by atoms with Crippen molar-refractivity contribution in [1.29, 1.82) is 0 Å². The van der Waals surface area contributed by atoms with Gasteiger partial charge in [0, 0.05) is 34.0 Å². The van der Waals surface area contributed by atoms with Crippen LogP contribution in [0.15, 0.2) is 63.8 Å². The number of hydrogen-bond acceptors (Lipinski definition) is 2. The van der Waals surface area contributed by atoms with E-state index in [0.717, 1.165) is 37.5 Å². The Bertz CT molecular complexity index is 1080. The molecule has 2 heterocycles. The second-order valence-electron chi connectivity index (χ2n) is 5.85. The number of hydrogen-bond donors (Lipinski definition) is 1. The summed E-state index contributed by atoms with van der Waals surface area (Å²) in [5, 5.41) is 11.7. The molecule has 5 heteroatoms. The van der Waals surface area contributed by atoms with E-state index in [0.29, 0.717) is 0 Å². The SMILES string of the molecule is Cn1cc(C(C(=O)O)c2ccc3occc3c2)c2cc(Br)ccc21. The van der Waals surface area contributed by atoms with Gasteiger partial charge in [0.05, 0.1) is 6.26 Å². The number of nitrogens with zero attached hydrogens (tertiary/aromatic N) is 1. The maximum absolute atomic E-state index is 12.1. The number of carboxylic acids is 1. The molecule has 4 nitrogen and oxygen atoms in total. The van der Waals surface area contributed by atoms with Crippen LogP contribution in [0.25, 0.3) is 21.9 Å². The highest BCUT2D eigenvalue weighted by Gasteiger charge is 2.26. The molecule has 2 aromatic heterocycles. The molecule has 2 aromatic carbocycles. The van der Waals surface area contributed by atoms with Crippen LogP contribution in [0.3, 0.4) is 0 Å². The highest BCUT2D eigenvalue weighted by atomic mass is 79.9. The summed E-state index contributed by atoms with van der Waals surface area (Å²) in [7, 11) is 1.93. The van der Waals surface area contributed by atoms with E-state index in [1.54, 1.807) is 6.26 Å². The second-order valence-corrected chi connectivity index (χ2v) is 6.76. The lowest BCUT2D eigenvalue weighted by Crippen LogP contribution is -2.12. The van der Waals surface area contributed by atoms with Gasteiger partial charge in [-0.25, -0.2) is 0 Å². The summed E-state index contributed by atoms with van der Waals surface area (Å²) in [6, 6.07) is 13.3. The third-order valence-corrected chi connectivity index (χ3v) is 4.84. The van der Waals surface area contributed by atoms with Crippen molar-refractivity contribution in [3.8, 4) is 0 Å². The summed E-state index contributed by atoms with van der Waals surface area (Å²) in [5.41, 5.74) is 3.28. The number of furan rings is 1. The van der Waals surface area contributed by atoms with Gasteiger partial charge in [-0.2, -0.15) is 0 Å². The van der Waals surface area contributed by atoms with Crippen molar-refractivity contribution in [1.82, 2.24) is 4.57 Å². The molecular formula is C19H14BrNO3. The number of fused-ring (bicyclic) bond motifs is 2. The number of rotatable bonds is 3. The Hall–Kier alpha value is -2.53. The number of carbonyl (C=O) groups is 1. The summed E-state index contributed by atoms with van der Waals surface area (Å²) in [6.07, 6.45) is 3.51. The van der Waals surface area contributed by atoms with Crippen molar-refractivity contribution in [3.05, 3.63) is 70.5 Å². The zero-order valence-electron chi connectivity index (χ0n) is 12.9. The quantitative estimate of drug-likeness (QED) is 0.547. The van der Waals surface area contributed by atoms with E-state index in [9.17, 15) is 9.90 Å². The van der Waals surface area contributed by atoms with Crippen LogP contribution in [0.1, 0.15) is 17.0 Å². The molecular weight excluding hydrogens is 370 g/mol. The lowest BCUT2D eigenvalue weighted by Gasteiger charge is -2.12. The number of aliphatic carboxylic acids is 1. The Morgan fingerprint density at radius 3 is 2.83 bits per heavy atom. The highest BCUT2D eigenvalue weighted by molar-refractivity contribution is 9.10. The van der Waals surface area contributed by atoms with E-state index in [-0.39, 0.29) is 0 Å². The smallest absolute Gasteiger partial charge is 0.315 e. The van der Waals surface area contributed by atoms with Crippen LogP contribution >= 0.6 is 15.9 Å². The Morgan fingerprint density at radius 2 is 2.04 bits per heavy atom. The molecule has 24 heavy (non-hydrogen) atoms. The van der Waals surface area contributed by atoms with E-state index in [2.05, 4.69) is 15.9 Å². The summed E-state index contributed by atoms with van der Waals surface area (Å²) >= 11 is 3.48. The average molecular weight is 384 g/mol. The van der Waals surface area contributed by atoms with Crippen LogP contribution in [0.2, 0.25) is 0 Å². The first kappa shape index (κ1) is 15.0. The first-order valence-electron chi connectivity index (χ1n) is 7.49. The molecule has 0 aliphatic carbocycles. The lowest BCUT2D eigenvalue weighted by atomic mass is 9.90. The molecule has 4 aromatic rings. The van der Waals surface area contributed by atoms with Gasteiger partial charge in [-0.3, -0.25) is 4.79 Å². The van der Waals surface area contributed by atoms with E-state index in [1.807, 2.05) is 60.3 Å². The van der Waals surface area contributed by atoms with Crippen LogP contribution < -0.4 is 0 Å². The number of halogens is 1. The molecule has 0 aliphatic rings. The molecule has 0 radical (unpaired) electrons. The molecule has 0 saturated carbocycles. The van der Waals surface area contributed by atoms with Crippen molar-refractivity contribution >= 4 is 43.8 Å². The fourth-order valence-electron chi connectivity index (χ4n) is 3.24. The maximum atomic E-state index is 12.1. The third kappa shape index (κ3) is 2.32. The van der Waals surface area contributed by atoms with E-state index in [4.69, 9.17) is 4.42 Å². The largest absolute Gasteiger partial charge is 0.481 e. The van der Waals surface area contributed by atoms with Gasteiger partial charge in [-0.15, -0.1) is 0 Å². The first-order valence-corrected chi connectivity index (χ1v) is 8.28. The lowest BCUT2D eigenvalue weighted by molar-refractivity contribution is -0.137. The normalized spacial score (nSPS) is 12.8. The van der Waals surface area contributed by atoms with Gasteiger partial charge < -0.3 is 14.1 Å². The third-order valence-electron chi connectivity index (χ3n) is 4.35. The van der Waals surface area contributed by atoms with Crippen molar-refractivity contribution in [3.63, 3.8) is 0 Å². The van der Waals surface area contributed by atoms with E-state index < -0.39 is 11.9 Å². The number of aromatic nitrogens is 1. The topological polar surface area (TPSA) is 55.4 Å². The van der Waals surface area contributed by atoms with Crippen molar-refractivity contribution in [2.75, 3.05) is 0 Å². The Kier molecular flexibility index (Phi) is 3.46. The van der Waals surface area contributed by atoms with Gasteiger partial charge in [0.15, 0.2) is 0 Å². The number of carboxylic acid groups (broad SMARTS) is 1. The van der Waals surface area contributed by atoms with Gasteiger partial charge in [-0.05, 0) is 47.5 Å². The summed E-state index contributed by atoms with van der Waals surface area (Å²) in [6.45, 7) is 0. The summed E-state index contributed by atoms with van der Waals surface area (Å²) < 4.78 is 8.24. The molecule has 0 fully saturated rings. The minimum Gasteiger partial charge on any atom is -0.481 e. The number of aryl methyl sites for hydroxylation is 1. The fraction of sp³-hybridized carbons (Fsp3) is 0.105. The molecule has 1 N–H and O–H groups in total. The molecule has 0 bridgehead atoms. The van der Waals surface area contributed by atoms with Crippen molar-refractivity contribution < 1.29 is 14.3 Å². The molecule has 0 spiro atoms. The summed E-state index contributed by atoms with van der Waals surface area (Å²) in [4.78, 5) is 12.1. The molecule has 1 unspecified atom stereocenters. The molecule has 120 valence electrons. The van der Waals surface area contributed by atoms with E-state index >= 15 is 0 Å². The minimum absolute atomic E-state index is 0.734. The van der Waals surface area contributed by atoms with Gasteiger partial charge >= 0.3 is 5.97 Å². The van der Waals surface area contributed by atoms with Gasteiger partial charge in [0.25, 0.3) is 0 Å². The minimum atomic E-state index is -0.870. The fourth-order valence-corrected chi connectivity index (χ4v) is 3.61. The van der Waals surface area contributed by atoms with Crippen LogP contribution in [0.4, 0.5) is 0 Å². The Balaban J connectivity index is 1.96. The van der Waals surface area contributed by atoms with Gasteiger partial charge in [0.1, 0.15) is 11.5 Å². The maximum Gasteiger partial charge on any atom is 0.315 e. The molecule has 0 saturated heterocycles.